The molecule has 44 heavy (non-hydrogen) atoms. The Labute approximate surface area is 262 Å². The van der Waals surface area contributed by atoms with Crippen molar-refractivity contribution in [2.75, 3.05) is 30.5 Å². The van der Waals surface area contributed by atoms with Crippen molar-refractivity contribution in [1.29, 1.82) is 0 Å². The predicted molar refractivity (Wildman–Crippen MR) is 175 cm³/mol. The Hall–Kier alpha value is -2.69. The first-order valence-corrected chi connectivity index (χ1v) is 18.8. The van der Waals surface area contributed by atoms with Gasteiger partial charge in [0.25, 0.3) is 5.91 Å². The first kappa shape index (κ1) is 35.8. The minimum absolute atomic E-state index is 0.0146. The molecule has 0 saturated carbocycles. The van der Waals surface area contributed by atoms with Crippen molar-refractivity contribution in [3.63, 3.8) is 0 Å². The van der Waals surface area contributed by atoms with Crippen LogP contribution >= 0.6 is 7.52 Å². The highest BCUT2D eigenvalue weighted by Gasteiger charge is 2.48. The van der Waals surface area contributed by atoms with Crippen LogP contribution in [0.3, 0.4) is 0 Å². The Morgan fingerprint density at radius 3 is 2.41 bits per heavy atom. The monoisotopic (exact) mass is 652 g/mol. The van der Waals surface area contributed by atoms with E-state index in [0.29, 0.717) is 36.8 Å². The number of unbranched alkanes of at least 4 members (excludes halogenated alkanes) is 2. The largest absolute Gasteiger partial charge is 0.509 e. The number of primary amides is 1. The lowest BCUT2D eigenvalue weighted by atomic mass is 9.84. The Bertz CT molecular complexity index is 1470. The van der Waals surface area contributed by atoms with Crippen molar-refractivity contribution in [1.82, 2.24) is 4.90 Å². The summed E-state index contributed by atoms with van der Waals surface area (Å²) in [6.45, 7) is 12.5. The van der Waals surface area contributed by atoms with Gasteiger partial charge < -0.3 is 25.6 Å². The first-order chi connectivity index (χ1) is 20.2. The van der Waals surface area contributed by atoms with Crippen LogP contribution in [-0.2, 0) is 34.9 Å². The van der Waals surface area contributed by atoms with Crippen molar-refractivity contribution in [2.45, 2.75) is 92.5 Å². The van der Waals surface area contributed by atoms with Crippen LogP contribution < -0.4 is 16.4 Å². The number of nitrogens with zero attached hydrogens (tertiary/aromatic N) is 2. The van der Waals surface area contributed by atoms with Gasteiger partial charge >= 0.3 is 7.52 Å². The molecule has 1 unspecified atom stereocenters. The van der Waals surface area contributed by atoms with E-state index >= 15 is 0 Å². The maximum Gasteiger partial charge on any atom is 0.348 e. The third kappa shape index (κ3) is 9.41. The van der Waals surface area contributed by atoms with E-state index in [1.54, 1.807) is 17.0 Å². The van der Waals surface area contributed by atoms with E-state index in [4.69, 9.17) is 10.3 Å². The normalized spacial score (nSPS) is 20.9. The van der Waals surface area contributed by atoms with Gasteiger partial charge in [0.2, 0.25) is 5.91 Å². The summed E-state index contributed by atoms with van der Waals surface area (Å²) in [5.41, 5.74) is 6.04. The minimum atomic E-state index is -3.96. The first-order valence-electron chi connectivity index (χ1n) is 15.2. The average molecular weight is 653 g/mol. The zero-order chi connectivity index (χ0) is 33.1. The number of aliphatic hydroxyl groups is 1. The van der Waals surface area contributed by atoms with Crippen molar-refractivity contribution in [3.8, 4) is 0 Å². The Kier molecular flexibility index (Phi) is 11.2. The Balaban J connectivity index is 1.97. The number of carbonyl (C=O) groups excluding carboxylic acids is 2. The number of rotatable bonds is 14. The van der Waals surface area contributed by atoms with E-state index in [2.05, 4.69) is 30.9 Å². The number of amides is 2. The predicted octanol–water partition coefficient (Wildman–Crippen LogP) is 4.87. The third-order valence-electron chi connectivity index (χ3n) is 7.63. The lowest BCUT2D eigenvalue weighted by Gasteiger charge is -2.36. The van der Waals surface area contributed by atoms with Gasteiger partial charge in [-0.15, -0.1) is 0 Å². The van der Waals surface area contributed by atoms with E-state index < -0.39 is 40.6 Å². The number of fused-ring (bicyclic) bond motifs is 1. The third-order valence-corrected chi connectivity index (χ3v) is 10.6. The molecular weight excluding hydrogens is 603 g/mol. The molecule has 13 heteroatoms. The molecule has 2 aliphatic heterocycles. The van der Waals surface area contributed by atoms with E-state index in [1.165, 1.54) is 6.26 Å². The summed E-state index contributed by atoms with van der Waals surface area (Å²) in [6, 6.07) is 4.79. The van der Waals surface area contributed by atoms with Crippen LogP contribution in [0.15, 0.2) is 34.3 Å². The molecule has 2 aliphatic rings. The molecule has 1 aromatic carbocycles. The van der Waals surface area contributed by atoms with Crippen LogP contribution in [0.4, 0.5) is 5.69 Å². The molecular formula is C31H49N4O7PS. The number of amidine groups is 1. The van der Waals surface area contributed by atoms with Gasteiger partial charge in [-0.25, -0.2) is 8.42 Å². The molecule has 4 N–H and O–H groups in total. The SMILES string of the molecule is CC(C)(C)CCN1C(=O)C(C2=NP(=O)(OCCCC(N)=O)c3cc(CCCCCS(C)(=O)=O)ccc3N2)=C(O)[C@@H]1C(C)(C)C. The van der Waals surface area contributed by atoms with Crippen molar-refractivity contribution >= 4 is 46.0 Å². The zero-order valence-corrected chi connectivity index (χ0v) is 28.8. The van der Waals surface area contributed by atoms with Crippen LogP contribution in [-0.4, -0.2) is 67.3 Å². The quantitative estimate of drug-likeness (QED) is 0.189. The summed E-state index contributed by atoms with van der Waals surface area (Å²) >= 11 is 0. The standard InChI is InChI=1S/C31H49N4O7PS/c1-30(2,3)16-17-35-27(31(4,5)6)26(37)25(29(35)38)28-33-22-15-14-21(12-9-8-10-19-44(7,40)41)20-23(22)43(39,34-28)42-18-11-13-24(32)36/h14-15,20,27,37H,8-13,16-19H2,1-7H3,(H2,32,36)(H,33,34,39)/t27-,43?/m1/s1. The Morgan fingerprint density at radius 1 is 1.14 bits per heavy atom. The van der Waals surface area contributed by atoms with E-state index in [1.807, 2.05) is 26.8 Å². The Morgan fingerprint density at radius 2 is 1.82 bits per heavy atom. The maximum absolute atomic E-state index is 14.5. The summed E-state index contributed by atoms with van der Waals surface area (Å²) in [6.07, 6.45) is 4.90. The van der Waals surface area contributed by atoms with Crippen molar-refractivity contribution in [2.24, 2.45) is 21.3 Å². The molecule has 0 aromatic heterocycles. The summed E-state index contributed by atoms with van der Waals surface area (Å²) in [5, 5.41) is 15.0. The molecule has 2 heterocycles. The number of carbonyl (C=O) groups is 2. The van der Waals surface area contributed by atoms with Gasteiger partial charge in [0.05, 0.1) is 23.6 Å². The van der Waals surface area contributed by atoms with Gasteiger partial charge in [0.1, 0.15) is 21.2 Å². The number of anilines is 1. The van der Waals surface area contributed by atoms with Gasteiger partial charge in [0.15, 0.2) is 5.84 Å². The summed E-state index contributed by atoms with van der Waals surface area (Å²) in [5.74, 6) is -0.906. The number of hydrogen-bond acceptors (Lipinski definition) is 8. The van der Waals surface area contributed by atoms with E-state index in [-0.39, 0.29) is 47.8 Å². The lowest BCUT2D eigenvalue weighted by Crippen LogP contribution is -2.45. The molecule has 0 spiro atoms. The molecule has 11 nitrogen and oxygen atoms in total. The van der Waals surface area contributed by atoms with Crippen molar-refractivity contribution in [3.05, 3.63) is 35.1 Å². The second kappa shape index (κ2) is 13.7. The molecule has 2 amide bonds. The van der Waals surface area contributed by atoms with Crippen LogP contribution in [0, 0.1) is 10.8 Å². The highest BCUT2D eigenvalue weighted by atomic mass is 32.2. The molecule has 3 rings (SSSR count). The highest BCUT2D eigenvalue weighted by Crippen LogP contribution is 2.53. The van der Waals surface area contributed by atoms with Gasteiger partial charge in [-0.1, -0.05) is 54.0 Å². The second-order valence-electron chi connectivity index (χ2n) is 14.1. The van der Waals surface area contributed by atoms with Crippen LogP contribution in [0.25, 0.3) is 0 Å². The molecule has 0 saturated heterocycles. The highest BCUT2D eigenvalue weighted by molar-refractivity contribution is 7.90. The van der Waals surface area contributed by atoms with Gasteiger partial charge in [-0.3, -0.25) is 14.2 Å². The lowest BCUT2D eigenvalue weighted by molar-refractivity contribution is -0.128. The summed E-state index contributed by atoms with van der Waals surface area (Å²) < 4.78 is 47.7. The number of aryl methyl sites for hydroxylation is 1. The summed E-state index contributed by atoms with van der Waals surface area (Å²) in [4.78, 5) is 26.9. The fraction of sp³-hybridized carbons (Fsp3) is 0.645. The number of nitrogens with one attached hydrogen (secondary N) is 1. The zero-order valence-electron chi connectivity index (χ0n) is 27.1. The number of nitrogens with two attached hydrogens (primary N) is 1. The average Bonchev–Trinajstić information content (AvgIpc) is 3.13. The van der Waals surface area contributed by atoms with Crippen LogP contribution in [0.5, 0.6) is 0 Å². The summed E-state index contributed by atoms with van der Waals surface area (Å²) in [7, 11) is -6.98. The van der Waals surface area contributed by atoms with Gasteiger partial charge in [-0.2, -0.15) is 4.76 Å². The topological polar surface area (TPSA) is 168 Å². The van der Waals surface area contributed by atoms with Crippen LogP contribution in [0.2, 0.25) is 0 Å². The number of hydrogen-bond donors (Lipinski definition) is 3. The molecule has 0 radical (unpaired) electrons. The van der Waals surface area contributed by atoms with Gasteiger partial charge in [-0.05, 0) is 60.6 Å². The number of aliphatic hydroxyl groups excluding tert-OH is 1. The second-order valence-corrected chi connectivity index (χ2v) is 18.4. The van der Waals surface area contributed by atoms with Crippen molar-refractivity contribution < 1.29 is 32.2 Å². The fourth-order valence-electron chi connectivity index (χ4n) is 5.37. The van der Waals surface area contributed by atoms with E-state index in [0.717, 1.165) is 18.4 Å². The molecule has 246 valence electrons. The number of sulfone groups is 1. The molecule has 0 aliphatic carbocycles. The van der Waals surface area contributed by atoms with Gasteiger partial charge in [0, 0.05) is 25.0 Å². The van der Waals surface area contributed by atoms with E-state index in [9.17, 15) is 27.7 Å². The van der Waals surface area contributed by atoms with Crippen LogP contribution in [0.1, 0.15) is 85.6 Å². The molecule has 1 aromatic rings. The molecule has 0 fully saturated rings. The smallest absolute Gasteiger partial charge is 0.348 e. The fourth-order valence-corrected chi connectivity index (χ4v) is 7.95. The molecule has 0 bridgehead atoms. The molecule has 2 atom stereocenters. The minimum Gasteiger partial charge on any atom is -0.509 e. The number of benzene rings is 1. The maximum atomic E-state index is 14.5.